The Labute approximate surface area is 111 Å². The Morgan fingerprint density at radius 2 is 1.89 bits per heavy atom. The van der Waals surface area contributed by atoms with E-state index < -0.39 is 0 Å². The topological polar surface area (TPSA) is 56.5 Å². The summed E-state index contributed by atoms with van der Waals surface area (Å²) in [5, 5.41) is 0.799. The molecule has 0 saturated heterocycles. The summed E-state index contributed by atoms with van der Waals surface area (Å²) in [6.07, 6.45) is 0. The second-order valence-electron chi connectivity index (χ2n) is 4.54. The molecule has 1 aromatic heterocycles. The zero-order valence-corrected chi connectivity index (χ0v) is 11.5. The van der Waals surface area contributed by atoms with Gasteiger partial charge in [-0.1, -0.05) is 0 Å². The maximum atomic E-state index is 12.0. The lowest BCUT2D eigenvalue weighted by Crippen LogP contribution is -2.10. The molecule has 4 heteroatoms. The van der Waals surface area contributed by atoms with Gasteiger partial charge in [0.25, 0.3) is 0 Å². The van der Waals surface area contributed by atoms with E-state index in [2.05, 4.69) is 0 Å². The molecule has 0 aliphatic rings. The Morgan fingerprint density at radius 3 is 2.53 bits per heavy atom. The molecule has 1 heterocycles. The van der Waals surface area contributed by atoms with Crippen molar-refractivity contribution in [3.8, 4) is 0 Å². The van der Waals surface area contributed by atoms with Gasteiger partial charge >= 0.3 is 11.6 Å². The van der Waals surface area contributed by atoms with E-state index in [4.69, 9.17) is 9.15 Å². The number of benzene rings is 1. The molecule has 1 aromatic carbocycles. The SMILES string of the molecule is CCOC(=O)c1c(C)cc2oc(=O)cc(C)c2c1C. The van der Waals surface area contributed by atoms with E-state index in [1.165, 1.54) is 6.07 Å². The van der Waals surface area contributed by atoms with Crippen LogP contribution in [0.15, 0.2) is 21.3 Å². The molecule has 4 nitrogen and oxygen atoms in total. The number of hydrogen-bond acceptors (Lipinski definition) is 4. The second-order valence-corrected chi connectivity index (χ2v) is 4.54. The van der Waals surface area contributed by atoms with E-state index in [1.807, 2.05) is 13.8 Å². The van der Waals surface area contributed by atoms with Crippen LogP contribution in [-0.4, -0.2) is 12.6 Å². The molecule has 0 unspecified atom stereocenters. The van der Waals surface area contributed by atoms with Crippen molar-refractivity contribution in [2.75, 3.05) is 6.61 Å². The van der Waals surface area contributed by atoms with E-state index in [0.29, 0.717) is 17.8 Å². The maximum Gasteiger partial charge on any atom is 0.338 e. The van der Waals surface area contributed by atoms with Gasteiger partial charge in [-0.25, -0.2) is 9.59 Å². The quantitative estimate of drug-likeness (QED) is 0.615. The fourth-order valence-corrected chi connectivity index (χ4v) is 2.42. The van der Waals surface area contributed by atoms with Crippen molar-refractivity contribution in [2.24, 2.45) is 0 Å². The van der Waals surface area contributed by atoms with Crippen LogP contribution < -0.4 is 5.63 Å². The van der Waals surface area contributed by atoms with Crippen LogP contribution in [0.2, 0.25) is 0 Å². The van der Waals surface area contributed by atoms with Crippen LogP contribution in [0.25, 0.3) is 11.0 Å². The monoisotopic (exact) mass is 260 g/mol. The van der Waals surface area contributed by atoms with Gasteiger partial charge in [0.2, 0.25) is 0 Å². The molecule has 0 spiro atoms. The van der Waals surface area contributed by atoms with Gasteiger partial charge in [0, 0.05) is 11.5 Å². The van der Waals surface area contributed by atoms with Crippen molar-refractivity contribution in [1.82, 2.24) is 0 Å². The van der Waals surface area contributed by atoms with Crippen LogP contribution >= 0.6 is 0 Å². The van der Waals surface area contributed by atoms with Gasteiger partial charge in [-0.05, 0) is 50.5 Å². The van der Waals surface area contributed by atoms with Crippen molar-refractivity contribution in [2.45, 2.75) is 27.7 Å². The molecule has 0 radical (unpaired) electrons. The number of hydrogen-bond donors (Lipinski definition) is 0. The number of rotatable bonds is 2. The average molecular weight is 260 g/mol. The molecule has 0 aliphatic heterocycles. The van der Waals surface area contributed by atoms with Gasteiger partial charge in [-0.2, -0.15) is 0 Å². The van der Waals surface area contributed by atoms with Crippen molar-refractivity contribution >= 4 is 16.9 Å². The molecule has 100 valence electrons. The maximum absolute atomic E-state index is 12.0. The number of carbonyl (C=O) groups is 1. The third-order valence-electron chi connectivity index (χ3n) is 3.16. The molecular weight excluding hydrogens is 244 g/mol. The van der Waals surface area contributed by atoms with Crippen LogP contribution in [0, 0.1) is 20.8 Å². The Bertz CT molecular complexity index is 710. The molecule has 0 atom stereocenters. The van der Waals surface area contributed by atoms with E-state index in [0.717, 1.165) is 22.1 Å². The molecule has 19 heavy (non-hydrogen) atoms. The Morgan fingerprint density at radius 1 is 1.21 bits per heavy atom. The smallest absolute Gasteiger partial charge is 0.338 e. The minimum atomic E-state index is -0.382. The summed E-state index contributed by atoms with van der Waals surface area (Å²) >= 11 is 0. The van der Waals surface area contributed by atoms with Crippen molar-refractivity contribution in [3.63, 3.8) is 0 Å². The predicted octanol–water partition coefficient (Wildman–Crippen LogP) is 2.89. The summed E-state index contributed by atoms with van der Waals surface area (Å²) in [6.45, 7) is 7.58. The van der Waals surface area contributed by atoms with Crippen molar-refractivity contribution in [3.05, 3.63) is 44.8 Å². The molecule has 0 saturated carbocycles. The number of fused-ring (bicyclic) bond motifs is 1. The van der Waals surface area contributed by atoms with E-state index >= 15 is 0 Å². The average Bonchev–Trinajstić information content (AvgIpc) is 2.27. The highest BCUT2D eigenvalue weighted by Crippen LogP contribution is 2.27. The van der Waals surface area contributed by atoms with Crippen molar-refractivity contribution in [1.29, 1.82) is 0 Å². The first-order valence-corrected chi connectivity index (χ1v) is 6.17. The first kappa shape index (κ1) is 13.3. The fourth-order valence-electron chi connectivity index (χ4n) is 2.42. The van der Waals surface area contributed by atoms with E-state index in [-0.39, 0.29) is 11.6 Å². The lowest BCUT2D eigenvalue weighted by molar-refractivity contribution is 0.0525. The molecule has 0 aliphatic carbocycles. The largest absolute Gasteiger partial charge is 0.462 e. The summed E-state index contributed by atoms with van der Waals surface area (Å²) in [6, 6.07) is 3.14. The van der Waals surface area contributed by atoms with E-state index in [9.17, 15) is 9.59 Å². The highest BCUT2D eigenvalue weighted by atomic mass is 16.5. The van der Waals surface area contributed by atoms with Crippen LogP contribution in [0.4, 0.5) is 0 Å². The second kappa shape index (κ2) is 4.88. The third-order valence-corrected chi connectivity index (χ3v) is 3.16. The summed E-state index contributed by atoms with van der Waals surface area (Å²) in [4.78, 5) is 23.4. The number of ether oxygens (including phenoxy) is 1. The molecule has 2 rings (SSSR count). The lowest BCUT2D eigenvalue weighted by Gasteiger charge is -2.12. The summed E-state index contributed by atoms with van der Waals surface area (Å²) in [7, 11) is 0. The minimum Gasteiger partial charge on any atom is -0.462 e. The molecule has 0 amide bonds. The first-order valence-electron chi connectivity index (χ1n) is 6.17. The highest BCUT2D eigenvalue weighted by molar-refractivity contribution is 5.99. The van der Waals surface area contributed by atoms with Crippen LogP contribution in [0.5, 0.6) is 0 Å². The predicted molar refractivity (Wildman–Crippen MR) is 72.7 cm³/mol. The van der Waals surface area contributed by atoms with Crippen LogP contribution in [0.3, 0.4) is 0 Å². The normalized spacial score (nSPS) is 10.7. The number of aryl methyl sites for hydroxylation is 3. The first-order chi connectivity index (χ1) is 8.95. The van der Waals surface area contributed by atoms with Gasteiger partial charge in [0.05, 0.1) is 12.2 Å². The molecule has 0 N–H and O–H groups in total. The zero-order valence-electron chi connectivity index (χ0n) is 11.5. The third kappa shape index (κ3) is 2.26. The standard InChI is InChI=1S/C15H16O4/c1-5-18-15(17)14-8(2)6-11-13(10(14)4)9(3)7-12(16)19-11/h6-7H,5H2,1-4H3. The van der Waals surface area contributed by atoms with Crippen molar-refractivity contribution < 1.29 is 13.9 Å². The molecule has 0 fully saturated rings. The fraction of sp³-hybridized carbons (Fsp3) is 0.333. The number of carbonyl (C=O) groups excluding carboxylic acids is 1. The van der Waals surface area contributed by atoms with Gasteiger partial charge < -0.3 is 9.15 Å². The van der Waals surface area contributed by atoms with Gasteiger partial charge in [-0.15, -0.1) is 0 Å². The summed E-state index contributed by atoms with van der Waals surface area (Å²) < 4.78 is 10.3. The molecule has 0 bridgehead atoms. The molecular formula is C15H16O4. The molecule has 2 aromatic rings. The van der Waals surface area contributed by atoms with Gasteiger partial charge in [-0.3, -0.25) is 0 Å². The summed E-state index contributed by atoms with van der Waals surface area (Å²) in [5.41, 5.74) is 3.01. The minimum absolute atomic E-state index is 0.332. The van der Waals surface area contributed by atoms with Gasteiger partial charge in [0.15, 0.2) is 0 Å². The van der Waals surface area contributed by atoms with E-state index in [1.54, 1.807) is 19.9 Å². The Kier molecular flexibility index (Phi) is 3.42. The number of esters is 1. The lowest BCUT2D eigenvalue weighted by atomic mass is 9.96. The highest BCUT2D eigenvalue weighted by Gasteiger charge is 2.18. The van der Waals surface area contributed by atoms with Crippen LogP contribution in [0.1, 0.15) is 34.0 Å². The zero-order chi connectivity index (χ0) is 14.2. The van der Waals surface area contributed by atoms with Gasteiger partial charge in [0.1, 0.15) is 5.58 Å². The van der Waals surface area contributed by atoms with Crippen LogP contribution in [-0.2, 0) is 4.74 Å². The Hall–Kier alpha value is -2.10. The summed E-state index contributed by atoms with van der Waals surface area (Å²) in [5.74, 6) is -0.343. The Balaban J connectivity index is 2.82.